The molecule has 2 saturated heterocycles. The van der Waals surface area contributed by atoms with Gasteiger partial charge in [0.2, 0.25) is 5.91 Å². The molecule has 0 atom stereocenters. The van der Waals surface area contributed by atoms with Crippen molar-refractivity contribution >= 4 is 28.4 Å². The molecular formula is C32H38N6O3S. The standard InChI is InChI=1S/C32H38N6O3S/c1-21-15-25(16-22(2)34-21)28-27(24-8-6-7-23(17-24)19-33)35-29(42-28)36-30(40)37-11-9-32(10-12-37)20-41-14-13-38(32)26(39)18-31(3,4)5/h6-8,15-17H,9-14,18,20H2,1-5H3,(H,35,36,40). The first-order valence-electron chi connectivity index (χ1n) is 14.4. The molecule has 10 heteroatoms. The van der Waals surface area contributed by atoms with Crippen molar-refractivity contribution in [2.24, 2.45) is 5.41 Å². The molecule has 2 aliphatic rings. The molecule has 1 aromatic carbocycles. The third kappa shape index (κ3) is 6.48. The number of nitrogens with zero attached hydrogens (tertiary/aromatic N) is 5. The number of anilines is 1. The Morgan fingerprint density at radius 3 is 2.45 bits per heavy atom. The van der Waals surface area contributed by atoms with Crippen LogP contribution in [0.5, 0.6) is 0 Å². The topological polar surface area (TPSA) is 111 Å². The zero-order valence-electron chi connectivity index (χ0n) is 25.0. The van der Waals surface area contributed by atoms with Crippen molar-refractivity contribution in [1.29, 1.82) is 5.26 Å². The van der Waals surface area contributed by atoms with Crippen molar-refractivity contribution in [1.82, 2.24) is 19.8 Å². The van der Waals surface area contributed by atoms with Crippen molar-refractivity contribution < 1.29 is 14.3 Å². The van der Waals surface area contributed by atoms with E-state index in [1.54, 1.807) is 11.0 Å². The molecule has 2 aromatic heterocycles. The minimum Gasteiger partial charge on any atom is -0.377 e. The number of morpholine rings is 1. The Bertz CT molecular complexity index is 1510. The number of benzene rings is 1. The van der Waals surface area contributed by atoms with Crippen LogP contribution in [0.1, 0.15) is 57.0 Å². The number of aromatic nitrogens is 2. The Morgan fingerprint density at radius 2 is 1.79 bits per heavy atom. The molecule has 0 saturated carbocycles. The van der Waals surface area contributed by atoms with Crippen molar-refractivity contribution in [2.45, 2.75) is 59.4 Å². The average Bonchev–Trinajstić information content (AvgIpc) is 3.36. The van der Waals surface area contributed by atoms with Gasteiger partial charge in [-0.05, 0) is 61.9 Å². The Morgan fingerprint density at radius 1 is 1.07 bits per heavy atom. The second-order valence-corrected chi connectivity index (χ2v) is 13.5. The van der Waals surface area contributed by atoms with Crippen LogP contribution in [0, 0.1) is 30.6 Å². The predicted octanol–water partition coefficient (Wildman–Crippen LogP) is 6.02. The molecule has 5 rings (SSSR count). The number of thiazole rings is 1. The molecule has 220 valence electrons. The number of carbonyl (C=O) groups is 2. The van der Waals surface area contributed by atoms with Crippen LogP contribution in [-0.4, -0.2) is 70.1 Å². The number of pyridine rings is 1. The van der Waals surface area contributed by atoms with E-state index in [4.69, 9.17) is 9.72 Å². The molecule has 9 nitrogen and oxygen atoms in total. The van der Waals surface area contributed by atoms with E-state index in [1.165, 1.54) is 11.3 Å². The van der Waals surface area contributed by atoms with Crippen LogP contribution in [0.3, 0.4) is 0 Å². The van der Waals surface area contributed by atoms with Crippen molar-refractivity contribution in [3.63, 3.8) is 0 Å². The predicted molar refractivity (Wildman–Crippen MR) is 164 cm³/mol. The summed E-state index contributed by atoms with van der Waals surface area (Å²) < 4.78 is 5.85. The molecule has 0 radical (unpaired) electrons. The first-order valence-corrected chi connectivity index (χ1v) is 15.2. The van der Waals surface area contributed by atoms with E-state index in [0.29, 0.717) is 68.5 Å². The van der Waals surface area contributed by atoms with Crippen LogP contribution in [0.25, 0.3) is 21.7 Å². The van der Waals surface area contributed by atoms with E-state index in [1.807, 2.05) is 49.1 Å². The largest absolute Gasteiger partial charge is 0.377 e. The molecule has 2 fully saturated rings. The van der Waals surface area contributed by atoms with E-state index >= 15 is 0 Å². The Labute approximate surface area is 251 Å². The molecule has 0 unspecified atom stereocenters. The molecule has 4 heterocycles. The SMILES string of the molecule is Cc1cc(-c2sc(NC(=O)N3CCC4(CC3)COCCN4C(=O)CC(C)(C)C)nc2-c2cccc(C#N)c2)cc(C)n1. The number of rotatable bonds is 4. The lowest BCUT2D eigenvalue weighted by atomic mass is 9.83. The molecule has 42 heavy (non-hydrogen) atoms. The summed E-state index contributed by atoms with van der Waals surface area (Å²) in [7, 11) is 0. The van der Waals surface area contributed by atoms with Gasteiger partial charge in [-0.2, -0.15) is 5.26 Å². The van der Waals surface area contributed by atoms with Gasteiger partial charge >= 0.3 is 6.03 Å². The molecular weight excluding hydrogens is 548 g/mol. The van der Waals surface area contributed by atoms with Gasteiger partial charge in [-0.15, -0.1) is 0 Å². The van der Waals surface area contributed by atoms with Crippen LogP contribution in [0.15, 0.2) is 36.4 Å². The minimum atomic E-state index is -0.373. The molecule has 1 spiro atoms. The lowest BCUT2D eigenvalue weighted by Crippen LogP contribution is -2.64. The summed E-state index contributed by atoms with van der Waals surface area (Å²) in [5.74, 6) is 0.161. The van der Waals surface area contributed by atoms with E-state index in [-0.39, 0.29) is 22.9 Å². The van der Waals surface area contributed by atoms with E-state index in [2.05, 4.69) is 37.1 Å². The number of urea groups is 1. The van der Waals surface area contributed by atoms with Crippen LogP contribution < -0.4 is 5.32 Å². The van der Waals surface area contributed by atoms with Gasteiger partial charge in [0.1, 0.15) is 0 Å². The normalized spacial score (nSPS) is 16.8. The van der Waals surface area contributed by atoms with E-state index in [9.17, 15) is 14.9 Å². The molecule has 0 bridgehead atoms. The Balaban J connectivity index is 1.35. The second-order valence-electron chi connectivity index (χ2n) is 12.5. The van der Waals surface area contributed by atoms with Crippen LogP contribution >= 0.6 is 11.3 Å². The number of carbonyl (C=O) groups excluding carboxylic acids is 2. The van der Waals surface area contributed by atoms with Gasteiger partial charge in [-0.25, -0.2) is 9.78 Å². The molecule has 1 N–H and O–H groups in total. The number of ether oxygens (including phenoxy) is 1. The molecule has 0 aliphatic carbocycles. The van der Waals surface area contributed by atoms with Crippen molar-refractivity contribution in [3.05, 3.63) is 53.3 Å². The van der Waals surface area contributed by atoms with Gasteiger partial charge in [0, 0.05) is 43.0 Å². The summed E-state index contributed by atoms with van der Waals surface area (Å²) in [6.07, 6.45) is 1.82. The number of nitriles is 1. The molecule has 3 amide bonds. The highest BCUT2D eigenvalue weighted by Crippen LogP contribution is 2.40. The van der Waals surface area contributed by atoms with Gasteiger partial charge in [0.05, 0.1) is 41.0 Å². The third-order valence-electron chi connectivity index (χ3n) is 7.82. The van der Waals surface area contributed by atoms with Gasteiger partial charge < -0.3 is 14.5 Å². The van der Waals surface area contributed by atoms with E-state index < -0.39 is 0 Å². The number of piperidine rings is 1. The summed E-state index contributed by atoms with van der Waals surface area (Å²) in [6, 6.07) is 13.3. The summed E-state index contributed by atoms with van der Waals surface area (Å²) in [5.41, 5.74) is 4.35. The number of likely N-dealkylation sites (tertiary alicyclic amines) is 1. The first-order chi connectivity index (χ1) is 20.0. The maximum Gasteiger partial charge on any atom is 0.323 e. The number of nitrogens with one attached hydrogen (secondary N) is 1. The summed E-state index contributed by atoms with van der Waals surface area (Å²) in [6.45, 7) is 12.8. The second kappa shape index (κ2) is 11.8. The number of amides is 3. The summed E-state index contributed by atoms with van der Waals surface area (Å²) in [5, 5.41) is 13.0. The lowest BCUT2D eigenvalue weighted by Gasteiger charge is -2.51. The highest BCUT2D eigenvalue weighted by molar-refractivity contribution is 7.19. The van der Waals surface area contributed by atoms with Crippen molar-refractivity contribution in [2.75, 3.05) is 38.2 Å². The smallest absolute Gasteiger partial charge is 0.323 e. The van der Waals surface area contributed by atoms with E-state index in [0.717, 1.165) is 27.4 Å². The zero-order chi connectivity index (χ0) is 30.1. The Kier molecular flexibility index (Phi) is 8.35. The van der Waals surface area contributed by atoms with Crippen molar-refractivity contribution in [3.8, 4) is 27.8 Å². The maximum atomic E-state index is 13.5. The third-order valence-corrected chi connectivity index (χ3v) is 8.84. The lowest BCUT2D eigenvalue weighted by molar-refractivity contribution is -0.155. The van der Waals surface area contributed by atoms with Gasteiger partial charge in [0.25, 0.3) is 0 Å². The fourth-order valence-electron chi connectivity index (χ4n) is 5.85. The minimum absolute atomic E-state index is 0.0911. The monoisotopic (exact) mass is 586 g/mol. The van der Waals surface area contributed by atoms with Gasteiger partial charge in [-0.1, -0.05) is 44.2 Å². The zero-order valence-corrected chi connectivity index (χ0v) is 25.8. The fraction of sp³-hybridized carbons (Fsp3) is 0.469. The summed E-state index contributed by atoms with van der Waals surface area (Å²) >= 11 is 1.41. The summed E-state index contributed by atoms with van der Waals surface area (Å²) in [4.78, 5) is 40.8. The highest BCUT2D eigenvalue weighted by atomic mass is 32.1. The highest BCUT2D eigenvalue weighted by Gasteiger charge is 2.45. The average molecular weight is 587 g/mol. The first kappa shape index (κ1) is 29.7. The quantitative estimate of drug-likeness (QED) is 0.400. The van der Waals surface area contributed by atoms with Crippen LogP contribution in [0.2, 0.25) is 0 Å². The molecule has 2 aliphatic heterocycles. The van der Waals surface area contributed by atoms with Gasteiger partial charge in [-0.3, -0.25) is 15.1 Å². The van der Waals surface area contributed by atoms with Gasteiger partial charge in [0.15, 0.2) is 5.13 Å². The maximum absolute atomic E-state index is 13.5. The Hall–Kier alpha value is -3.81. The van der Waals surface area contributed by atoms with Crippen LogP contribution in [0.4, 0.5) is 9.93 Å². The molecule has 3 aromatic rings. The fourth-order valence-corrected chi connectivity index (χ4v) is 6.81. The number of hydrogen-bond acceptors (Lipinski definition) is 7. The number of hydrogen-bond donors (Lipinski definition) is 1. The number of aryl methyl sites for hydroxylation is 2. The van der Waals surface area contributed by atoms with Crippen LogP contribution in [-0.2, 0) is 9.53 Å².